The quantitative estimate of drug-likeness (QED) is 0.662. The summed E-state index contributed by atoms with van der Waals surface area (Å²) in [7, 11) is 0. The largest absolute Gasteiger partial charge is 0.351 e. The molecule has 4 aliphatic rings. The summed E-state index contributed by atoms with van der Waals surface area (Å²) in [5.74, 6) is 0.0480. The zero-order chi connectivity index (χ0) is 13.7. The molecule has 4 saturated heterocycles. The van der Waals surface area contributed by atoms with Crippen LogP contribution < -0.4 is 16.0 Å². The molecular formula is C14H22N4O2. The highest BCUT2D eigenvalue weighted by molar-refractivity contribution is 5.89. The van der Waals surface area contributed by atoms with E-state index in [4.69, 9.17) is 0 Å². The van der Waals surface area contributed by atoms with Crippen molar-refractivity contribution in [3.63, 3.8) is 0 Å². The molecule has 2 unspecified atom stereocenters. The summed E-state index contributed by atoms with van der Waals surface area (Å²) in [6, 6.07) is 1.35. The first-order valence-corrected chi connectivity index (χ1v) is 7.82. The van der Waals surface area contributed by atoms with Gasteiger partial charge in [0, 0.05) is 30.7 Å². The summed E-state index contributed by atoms with van der Waals surface area (Å²) in [5, 5.41) is 9.70. The normalized spacial score (nSPS) is 42.5. The summed E-state index contributed by atoms with van der Waals surface area (Å²) >= 11 is 0. The van der Waals surface area contributed by atoms with Crippen molar-refractivity contribution in [2.75, 3.05) is 6.54 Å². The van der Waals surface area contributed by atoms with E-state index in [1.807, 2.05) is 0 Å². The number of urea groups is 1. The van der Waals surface area contributed by atoms with Crippen LogP contribution in [0, 0.1) is 0 Å². The monoisotopic (exact) mass is 278 g/mol. The number of nitrogens with one attached hydrogen (secondary N) is 3. The number of hydrogen-bond donors (Lipinski definition) is 3. The maximum Gasteiger partial charge on any atom is 0.318 e. The van der Waals surface area contributed by atoms with Crippen LogP contribution in [0.5, 0.6) is 0 Å². The zero-order valence-corrected chi connectivity index (χ0v) is 11.6. The first-order chi connectivity index (χ1) is 9.69. The molecule has 4 rings (SSSR count). The molecule has 4 atom stereocenters. The van der Waals surface area contributed by atoms with Crippen molar-refractivity contribution in [2.24, 2.45) is 0 Å². The number of nitrogens with zero attached hydrogens (tertiary/aromatic N) is 1. The minimum absolute atomic E-state index is 0.0480. The average molecular weight is 278 g/mol. The van der Waals surface area contributed by atoms with Crippen molar-refractivity contribution in [3.05, 3.63) is 0 Å². The van der Waals surface area contributed by atoms with E-state index in [0.717, 1.165) is 25.7 Å². The van der Waals surface area contributed by atoms with Gasteiger partial charge in [-0.3, -0.25) is 4.79 Å². The fourth-order valence-corrected chi connectivity index (χ4v) is 4.32. The van der Waals surface area contributed by atoms with E-state index in [2.05, 4.69) is 16.0 Å². The Morgan fingerprint density at radius 1 is 1.10 bits per heavy atom. The molecule has 0 saturated carbocycles. The molecule has 20 heavy (non-hydrogen) atoms. The Morgan fingerprint density at radius 3 is 2.55 bits per heavy atom. The van der Waals surface area contributed by atoms with Gasteiger partial charge in [0.15, 0.2) is 0 Å². The number of piperidine rings is 2. The van der Waals surface area contributed by atoms with Gasteiger partial charge in [0.1, 0.15) is 6.04 Å². The van der Waals surface area contributed by atoms with Gasteiger partial charge in [0.25, 0.3) is 0 Å². The first kappa shape index (κ1) is 12.4. The third-order valence-electron chi connectivity index (χ3n) is 5.29. The van der Waals surface area contributed by atoms with Crippen molar-refractivity contribution in [1.82, 2.24) is 20.9 Å². The second-order valence-electron chi connectivity index (χ2n) is 6.71. The Morgan fingerprint density at radius 2 is 1.80 bits per heavy atom. The van der Waals surface area contributed by atoms with Crippen molar-refractivity contribution >= 4 is 11.9 Å². The van der Waals surface area contributed by atoms with Gasteiger partial charge >= 0.3 is 6.03 Å². The van der Waals surface area contributed by atoms with Crippen molar-refractivity contribution in [3.8, 4) is 0 Å². The Labute approximate surface area is 118 Å². The summed E-state index contributed by atoms with van der Waals surface area (Å²) in [6.07, 6.45) is 6.23. The Hall–Kier alpha value is -1.30. The van der Waals surface area contributed by atoms with Crippen LogP contribution in [0.4, 0.5) is 4.79 Å². The SMILES string of the molecule is O=C(NC1CC2CCC(C1)N2)[C@@H]1CC[C@@H]2CN1C(=O)N2. The molecule has 6 nitrogen and oxygen atoms in total. The van der Waals surface area contributed by atoms with E-state index >= 15 is 0 Å². The third-order valence-corrected chi connectivity index (χ3v) is 5.29. The number of rotatable bonds is 2. The summed E-state index contributed by atoms with van der Waals surface area (Å²) in [6.45, 7) is 0.689. The maximum absolute atomic E-state index is 12.5. The lowest BCUT2D eigenvalue weighted by Gasteiger charge is -2.34. The molecule has 0 aromatic rings. The molecule has 0 aromatic heterocycles. The Kier molecular flexibility index (Phi) is 2.87. The van der Waals surface area contributed by atoms with Gasteiger partial charge in [-0.25, -0.2) is 4.79 Å². The molecule has 3 amide bonds. The maximum atomic E-state index is 12.5. The Bertz CT molecular complexity index is 429. The van der Waals surface area contributed by atoms with Gasteiger partial charge < -0.3 is 20.9 Å². The van der Waals surface area contributed by atoms with E-state index < -0.39 is 0 Å². The molecule has 4 heterocycles. The van der Waals surface area contributed by atoms with E-state index in [-0.39, 0.29) is 30.1 Å². The fourth-order valence-electron chi connectivity index (χ4n) is 4.32. The van der Waals surface area contributed by atoms with E-state index in [9.17, 15) is 9.59 Å². The number of amides is 3. The minimum atomic E-state index is -0.263. The van der Waals surface area contributed by atoms with Crippen LogP contribution in [0.1, 0.15) is 38.5 Å². The molecule has 4 aliphatic heterocycles. The van der Waals surface area contributed by atoms with Gasteiger partial charge in [-0.05, 0) is 38.5 Å². The molecule has 4 bridgehead atoms. The molecular weight excluding hydrogens is 256 g/mol. The van der Waals surface area contributed by atoms with Crippen LogP contribution in [0.25, 0.3) is 0 Å². The molecule has 0 aromatic carbocycles. The first-order valence-electron chi connectivity index (χ1n) is 7.82. The molecule has 0 aliphatic carbocycles. The zero-order valence-electron chi connectivity index (χ0n) is 11.6. The van der Waals surface area contributed by atoms with Crippen LogP contribution in [0.3, 0.4) is 0 Å². The van der Waals surface area contributed by atoms with E-state index in [1.165, 1.54) is 12.8 Å². The highest BCUT2D eigenvalue weighted by Gasteiger charge is 2.43. The Balaban J connectivity index is 1.39. The number of carbonyl (C=O) groups excluding carboxylic acids is 2. The summed E-state index contributed by atoms with van der Waals surface area (Å²) in [5.41, 5.74) is 0. The third kappa shape index (κ3) is 2.06. The lowest BCUT2D eigenvalue weighted by atomic mass is 9.97. The van der Waals surface area contributed by atoms with Gasteiger partial charge in [-0.1, -0.05) is 0 Å². The molecule has 0 spiro atoms. The number of fused-ring (bicyclic) bond motifs is 4. The summed E-state index contributed by atoms with van der Waals surface area (Å²) in [4.78, 5) is 26.0. The van der Waals surface area contributed by atoms with Crippen LogP contribution in [0.2, 0.25) is 0 Å². The van der Waals surface area contributed by atoms with Crippen molar-refractivity contribution < 1.29 is 9.59 Å². The smallest absolute Gasteiger partial charge is 0.318 e. The summed E-state index contributed by atoms with van der Waals surface area (Å²) < 4.78 is 0. The van der Waals surface area contributed by atoms with E-state index in [1.54, 1.807) is 4.90 Å². The van der Waals surface area contributed by atoms with Crippen molar-refractivity contribution in [2.45, 2.75) is 68.7 Å². The van der Waals surface area contributed by atoms with Crippen molar-refractivity contribution in [1.29, 1.82) is 0 Å². The molecule has 110 valence electrons. The van der Waals surface area contributed by atoms with Gasteiger partial charge in [0.2, 0.25) is 5.91 Å². The fraction of sp³-hybridized carbons (Fsp3) is 0.857. The average Bonchev–Trinajstić information content (AvgIpc) is 2.90. The second kappa shape index (κ2) is 4.62. The van der Waals surface area contributed by atoms with Crippen LogP contribution in [0.15, 0.2) is 0 Å². The topological polar surface area (TPSA) is 73.5 Å². The molecule has 0 radical (unpaired) electrons. The van der Waals surface area contributed by atoms with Crippen LogP contribution >= 0.6 is 0 Å². The lowest BCUT2D eigenvalue weighted by Crippen LogP contribution is -2.55. The highest BCUT2D eigenvalue weighted by atomic mass is 16.2. The standard InChI is InChI=1S/C14H22N4O2/c19-13(12-4-3-10-7-18(12)14(20)17-10)16-11-5-8-1-2-9(6-11)15-8/h8-12,15H,1-7H2,(H,16,19)(H,17,20)/t8?,9?,10-,11?,12+/m1/s1. The second-order valence-corrected chi connectivity index (χ2v) is 6.71. The predicted octanol–water partition coefficient (Wildman–Crippen LogP) is -0.0582. The van der Waals surface area contributed by atoms with Gasteiger partial charge in [-0.15, -0.1) is 0 Å². The van der Waals surface area contributed by atoms with Gasteiger partial charge in [0.05, 0.1) is 0 Å². The molecule has 6 heteroatoms. The highest BCUT2D eigenvalue weighted by Crippen LogP contribution is 2.28. The van der Waals surface area contributed by atoms with Crippen LogP contribution in [-0.4, -0.2) is 53.6 Å². The molecule has 3 N–H and O–H groups in total. The minimum Gasteiger partial charge on any atom is -0.351 e. The van der Waals surface area contributed by atoms with Gasteiger partial charge in [-0.2, -0.15) is 0 Å². The van der Waals surface area contributed by atoms with E-state index in [0.29, 0.717) is 18.6 Å². The molecule has 4 fully saturated rings. The van der Waals surface area contributed by atoms with Crippen LogP contribution in [-0.2, 0) is 4.79 Å². The number of hydrogen-bond acceptors (Lipinski definition) is 3. The predicted molar refractivity (Wildman–Crippen MR) is 73.2 cm³/mol. The number of carbonyl (C=O) groups is 2. The lowest BCUT2D eigenvalue weighted by molar-refractivity contribution is -0.127.